The number of methoxy groups -OCH3 is 1. The average molecular weight is 469 g/mol. The van der Waals surface area contributed by atoms with E-state index in [1.54, 1.807) is 25.6 Å². The smallest absolute Gasteiger partial charge is 0.227 e. The van der Waals surface area contributed by atoms with Gasteiger partial charge in [-0.1, -0.05) is 18.2 Å². The zero-order valence-corrected chi connectivity index (χ0v) is 19.0. The summed E-state index contributed by atoms with van der Waals surface area (Å²) >= 11 is 0. The van der Waals surface area contributed by atoms with E-state index in [0.717, 1.165) is 33.5 Å². The third-order valence-electron chi connectivity index (χ3n) is 5.38. The number of hydrogen-bond donors (Lipinski definition) is 5. The van der Waals surface area contributed by atoms with Crippen LogP contribution in [0.3, 0.4) is 0 Å². The maximum Gasteiger partial charge on any atom is 0.227 e. The Bertz CT molecular complexity index is 1440. The first-order valence-corrected chi connectivity index (χ1v) is 11.0. The Morgan fingerprint density at radius 1 is 0.971 bits per heavy atom. The maximum atomic E-state index is 9.29. The molecular formula is C25H24N8O2. The van der Waals surface area contributed by atoms with Crippen molar-refractivity contribution in [2.75, 3.05) is 36.2 Å². The van der Waals surface area contributed by atoms with Crippen LogP contribution in [-0.4, -0.2) is 50.3 Å². The second kappa shape index (κ2) is 10.1. The lowest BCUT2D eigenvalue weighted by Gasteiger charge is -2.18. The number of nitrogens with zero attached hydrogens (tertiary/aromatic N) is 4. The first-order chi connectivity index (χ1) is 17.2. The van der Waals surface area contributed by atoms with Gasteiger partial charge in [0.1, 0.15) is 17.9 Å². The van der Waals surface area contributed by atoms with Crippen molar-refractivity contribution in [3.63, 3.8) is 0 Å². The summed E-state index contributed by atoms with van der Waals surface area (Å²) in [7, 11) is 1.59. The second-order valence-electron chi connectivity index (χ2n) is 7.61. The van der Waals surface area contributed by atoms with Gasteiger partial charge in [0.25, 0.3) is 0 Å². The van der Waals surface area contributed by atoms with E-state index in [4.69, 9.17) is 9.72 Å². The van der Waals surface area contributed by atoms with Crippen LogP contribution >= 0.6 is 0 Å². The summed E-state index contributed by atoms with van der Waals surface area (Å²) in [4.78, 5) is 20.6. The minimum absolute atomic E-state index is 0.0102. The number of H-pyrrole nitrogens is 1. The van der Waals surface area contributed by atoms with Crippen LogP contribution in [0.1, 0.15) is 0 Å². The molecule has 0 spiro atoms. The number of rotatable bonds is 9. The fourth-order valence-electron chi connectivity index (χ4n) is 3.76. The predicted octanol–water partition coefficient (Wildman–Crippen LogP) is 4.31. The normalized spacial score (nSPS) is 10.8. The Balaban J connectivity index is 1.49. The lowest BCUT2D eigenvalue weighted by molar-refractivity contribution is 0.311. The molecule has 5 aromatic rings. The van der Waals surface area contributed by atoms with Crippen molar-refractivity contribution in [2.45, 2.75) is 0 Å². The molecule has 0 amide bonds. The van der Waals surface area contributed by atoms with Crippen LogP contribution in [-0.2, 0) is 0 Å². The first kappa shape index (κ1) is 22.1. The van der Waals surface area contributed by atoms with E-state index in [9.17, 15) is 5.11 Å². The van der Waals surface area contributed by atoms with Gasteiger partial charge in [-0.2, -0.15) is 0 Å². The van der Waals surface area contributed by atoms with Gasteiger partial charge in [-0.25, -0.2) is 19.9 Å². The summed E-state index contributed by atoms with van der Waals surface area (Å²) in [5.74, 6) is 1.63. The number of fused-ring (bicyclic) bond motifs is 1. The van der Waals surface area contributed by atoms with Gasteiger partial charge < -0.3 is 30.8 Å². The third-order valence-corrected chi connectivity index (χ3v) is 5.38. The minimum atomic E-state index is -0.0102. The molecule has 0 atom stereocenters. The number of benzene rings is 2. The number of nitrogens with one attached hydrogen (secondary N) is 4. The molecule has 0 saturated carbocycles. The highest BCUT2D eigenvalue weighted by Gasteiger charge is 2.14. The van der Waals surface area contributed by atoms with Crippen molar-refractivity contribution >= 4 is 39.7 Å². The molecule has 10 heteroatoms. The number of aromatic amines is 1. The average Bonchev–Trinajstić information content (AvgIpc) is 3.33. The first-order valence-electron chi connectivity index (χ1n) is 11.0. The number of anilines is 5. The van der Waals surface area contributed by atoms with E-state index in [1.165, 1.54) is 6.33 Å². The minimum Gasteiger partial charge on any atom is -0.494 e. The Labute approximate surface area is 201 Å². The molecule has 35 heavy (non-hydrogen) atoms. The van der Waals surface area contributed by atoms with Gasteiger partial charge in [0.15, 0.2) is 0 Å². The van der Waals surface area contributed by atoms with Crippen LogP contribution in [0.4, 0.5) is 28.8 Å². The standard InChI is InChI=1S/C25H24N8O2/c1-35-23-13-20(27-10-11-34)21(31-24-7-8-26-15-30-24)12-22(23)33-25-28-9-6-19(32-25)17-14-29-18-5-3-2-4-16(17)18/h2-9,12-15,27,29,34H,10-11H2,1H3,(H,26,30,31)(H,28,32,33). The molecule has 0 aliphatic carbocycles. The molecule has 0 fully saturated rings. The summed E-state index contributed by atoms with van der Waals surface area (Å²) in [6.45, 7) is 0.369. The van der Waals surface area contributed by atoms with Crippen molar-refractivity contribution in [3.8, 4) is 17.0 Å². The molecule has 5 rings (SSSR count). The molecule has 0 aliphatic heterocycles. The van der Waals surface area contributed by atoms with Crippen molar-refractivity contribution in [2.24, 2.45) is 0 Å². The van der Waals surface area contributed by atoms with Gasteiger partial charge in [-0.3, -0.25) is 0 Å². The quantitative estimate of drug-likeness (QED) is 0.214. The van der Waals surface area contributed by atoms with Crippen molar-refractivity contribution in [1.82, 2.24) is 24.9 Å². The van der Waals surface area contributed by atoms with E-state index in [1.807, 2.05) is 42.6 Å². The Morgan fingerprint density at radius 3 is 2.71 bits per heavy atom. The van der Waals surface area contributed by atoms with Gasteiger partial charge in [0.2, 0.25) is 5.95 Å². The molecule has 5 N–H and O–H groups in total. The highest BCUT2D eigenvalue weighted by molar-refractivity contribution is 5.94. The molecule has 0 radical (unpaired) electrons. The molecule has 2 aromatic carbocycles. The van der Waals surface area contributed by atoms with E-state index >= 15 is 0 Å². The van der Waals surface area contributed by atoms with Crippen molar-refractivity contribution in [3.05, 3.63) is 73.4 Å². The molecule has 10 nitrogen and oxygen atoms in total. The molecule has 0 aliphatic rings. The fourth-order valence-corrected chi connectivity index (χ4v) is 3.76. The molecule has 0 bridgehead atoms. The van der Waals surface area contributed by atoms with Crippen LogP contribution in [0.2, 0.25) is 0 Å². The predicted molar refractivity (Wildman–Crippen MR) is 136 cm³/mol. The molecule has 3 heterocycles. The number of aromatic nitrogens is 5. The Kier molecular flexibility index (Phi) is 6.35. The topological polar surface area (TPSA) is 133 Å². The second-order valence-corrected chi connectivity index (χ2v) is 7.61. The van der Waals surface area contributed by atoms with E-state index < -0.39 is 0 Å². The molecule has 0 unspecified atom stereocenters. The molecule has 3 aromatic heterocycles. The van der Waals surface area contributed by atoms with Crippen LogP contribution in [0.5, 0.6) is 5.75 Å². The SMILES string of the molecule is COc1cc(NCCO)c(Nc2ccncn2)cc1Nc1nccc(-c2c[nH]c3ccccc23)n1. The van der Waals surface area contributed by atoms with Crippen molar-refractivity contribution in [1.29, 1.82) is 0 Å². The maximum absolute atomic E-state index is 9.29. The number of aliphatic hydroxyl groups is 1. The summed E-state index contributed by atoms with van der Waals surface area (Å²) < 4.78 is 5.62. The summed E-state index contributed by atoms with van der Waals surface area (Å²) in [5, 5.41) is 20.1. The van der Waals surface area contributed by atoms with Crippen LogP contribution < -0.4 is 20.7 Å². The Hall–Kier alpha value is -4.70. The summed E-state index contributed by atoms with van der Waals surface area (Å²) in [5.41, 5.74) is 4.97. The summed E-state index contributed by atoms with van der Waals surface area (Å²) in [6.07, 6.45) is 6.79. The molecular weight excluding hydrogens is 444 g/mol. The van der Waals surface area contributed by atoms with E-state index in [-0.39, 0.29) is 6.61 Å². The molecule has 176 valence electrons. The van der Waals surface area contributed by atoms with E-state index in [2.05, 4.69) is 42.0 Å². The zero-order chi connectivity index (χ0) is 24.0. The summed E-state index contributed by atoms with van der Waals surface area (Å²) in [6, 6.07) is 15.4. The fraction of sp³-hybridized carbons (Fsp3) is 0.120. The third kappa shape index (κ3) is 4.82. The van der Waals surface area contributed by atoms with Gasteiger partial charge in [-0.05, 0) is 24.3 Å². The number of hydrogen-bond acceptors (Lipinski definition) is 9. The largest absolute Gasteiger partial charge is 0.494 e. The van der Waals surface area contributed by atoms with Gasteiger partial charge in [-0.15, -0.1) is 0 Å². The monoisotopic (exact) mass is 468 g/mol. The van der Waals surface area contributed by atoms with Crippen LogP contribution in [0, 0.1) is 0 Å². The van der Waals surface area contributed by atoms with Gasteiger partial charge in [0.05, 0.1) is 36.5 Å². The van der Waals surface area contributed by atoms with Crippen LogP contribution in [0.15, 0.2) is 73.4 Å². The molecule has 0 saturated heterocycles. The lowest BCUT2D eigenvalue weighted by atomic mass is 10.1. The number of para-hydroxylation sites is 1. The number of aliphatic hydroxyl groups excluding tert-OH is 1. The van der Waals surface area contributed by atoms with Crippen molar-refractivity contribution < 1.29 is 9.84 Å². The highest BCUT2D eigenvalue weighted by atomic mass is 16.5. The van der Waals surface area contributed by atoms with Gasteiger partial charge in [0, 0.05) is 47.7 Å². The zero-order valence-electron chi connectivity index (χ0n) is 19.0. The number of ether oxygens (including phenoxy) is 1. The lowest BCUT2D eigenvalue weighted by Crippen LogP contribution is -2.09. The van der Waals surface area contributed by atoms with E-state index in [0.29, 0.717) is 29.7 Å². The highest BCUT2D eigenvalue weighted by Crippen LogP contribution is 2.37. The Morgan fingerprint density at radius 2 is 1.89 bits per heavy atom. The van der Waals surface area contributed by atoms with Gasteiger partial charge >= 0.3 is 0 Å². The van der Waals surface area contributed by atoms with Crippen LogP contribution in [0.25, 0.3) is 22.2 Å².